The number of amides is 1. The number of carbonyl (C=O) groups is 2. The number of hydrogen-bond acceptors (Lipinski definition) is 4. The fourth-order valence-electron chi connectivity index (χ4n) is 4.31. The molecule has 36 heavy (non-hydrogen) atoms. The molecule has 0 radical (unpaired) electrons. The smallest absolute Gasteiger partial charge is 0.307 e. The zero-order valence-electron chi connectivity index (χ0n) is 20.7. The van der Waals surface area contributed by atoms with Gasteiger partial charge in [0.05, 0.1) is 18.7 Å². The van der Waals surface area contributed by atoms with Crippen LogP contribution in [0.4, 0.5) is 0 Å². The minimum absolute atomic E-state index is 0.135. The number of esters is 1. The first-order valence-corrected chi connectivity index (χ1v) is 12.1. The molecule has 0 aliphatic rings. The summed E-state index contributed by atoms with van der Waals surface area (Å²) in [4.78, 5) is 25.1. The van der Waals surface area contributed by atoms with E-state index in [2.05, 4.69) is 22.5 Å². The van der Waals surface area contributed by atoms with Gasteiger partial charge in [-0.25, -0.2) is 0 Å². The molecule has 0 saturated heterocycles. The molecule has 1 heterocycles. The molecule has 1 amide bonds. The van der Waals surface area contributed by atoms with Crippen LogP contribution in [-0.2, 0) is 27.4 Å². The van der Waals surface area contributed by atoms with Gasteiger partial charge in [0.25, 0.3) is 5.91 Å². The highest BCUT2D eigenvalue weighted by Crippen LogP contribution is 2.28. The molecule has 6 nitrogen and oxygen atoms in total. The molecule has 1 aromatic heterocycles. The minimum atomic E-state index is -0.411. The van der Waals surface area contributed by atoms with Crippen LogP contribution in [0.1, 0.15) is 46.0 Å². The number of nitrogens with zero attached hydrogens (tertiary/aromatic N) is 2. The largest absolute Gasteiger partial charge is 0.456 e. The molecule has 6 heteroatoms. The van der Waals surface area contributed by atoms with Gasteiger partial charge in [-0.05, 0) is 30.5 Å². The van der Waals surface area contributed by atoms with Crippen LogP contribution in [0.3, 0.4) is 0 Å². The van der Waals surface area contributed by atoms with E-state index in [1.165, 1.54) is 0 Å². The molecule has 0 bridgehead atoms. The van der Waals surface area contributed by atoms with E-state index in [4.69, 9.17) is 4.74 Å². The maximum atomic E-state index is 12.6. The van der Waals surface area contributed by atoms with Crippen LogP contribution in [-0.4, -0.2) is 28.3 Å². The van der Waals surface area contributed by atoms with Gasteiger partial charge in [0, 0.05) is 23.7 Å². The normalized spacial score (nSPS) is 10.9. The molecular formula is C30H31N3O3. The number of rotatable bonds is 10. The predicted octanol–water partition coefficient (Wildman–Crippen LogP) is 4.93. The lowest BCUT2D eigenvalue weighted by atomic mass is 9.89. The second kappa shape index (κ2) is 12.0. The highest BCUT2D eigenvalue weighted by atomic mass is 16.5. The van der Waals surface area contributed by atoms with Crippen molar-refractivity contribution >= 4 is 11.9 Å². The van der Waals surface area contributed by atoms with Crippen molar-refractivity contribution in [3.05, 3.63) is 125 Å². The Kier molecular flexibility index (Phi) is 8.29. The Morgan fingerprint density at radius 2 is 1.42 bits per heavy atom. The van der Waals surface area contributed by atoms with Crippen LogP contribution in [0.25, 0.3) is 0 Å². The summed E-state index contributed by atoms with van der Waals surface area (Å²) < 4.78 is 7.28. The predicted molar refractivity (Wildman–Crippen MR) is 139 cm³/mol. The molecule has 0 fully saturated rings. The Morgan fingerprint density at radius 3 is 2.00 bits per heavy atom. The van der Waals surface area contributed by atoms with Crippen LogP contribution in [0.15, 0.2) is 91.0 Å². The highest BCUT2D eigenvalue weighted by Gasteiger charge is 2.20. The second-order valence-corrected chi connectivity index (χ2v) is 8.81. The molecule has 0 unspecified atom stereocenters. The SMILES string of the molecule is Cc1nn(Cc2ccccc2)c(C)c1CNC(=O)COC(=O)CC(c1ccccc1)c1ccccc1. The van der Waals surface area contributed by atoms with Crippen molar-refractivity contribution in [2.75, 3.05) is 6.61 Å². The van der Waals surface area contributed by atoms with Gasteiger partial charge >= 0.3 is 5.97 Å². The second-order valence-electron chi connectivity index (χ2n) is 8.81. The van der Waals surface area contributed by atoms with E-state index in [1.807, 2.05) is 97.4 Å². The minimum Gasteiger partial charge on any atom is -0.456 e. The average molecular weight is 482 g/mol. The van der Waals surface area contributed by atoms with Gasteiger partial charge in [-0.2, -0.15) is 5.10 Å². The standard InChI is InChI=1S/C30H31N3O3/c1-22-28(23(2)33(32-22)20-24-12-6-3-7-13-24)19-31-29(34)21-36-30(35)18-27(25-14-8-4-9-15-25)26-16-10-5-11-17-26/h3-17,27H,18-21H2,1-2H3,(H,31,34). The fraction of sp³-hybridized carbons (Fsp3) is 0.233. The number of aromatic nitrogens is 2. The number of benzene rings is 3. The number of carbonyl (C=O) groups excluding carboxylic acids is 2. The first-order chi connectivity index (χ1) is 17.5. The molecular weight excluding hydrogens is 450 g/mol. The number of nitrogens with one attached hydrogen (secondary N) is 1. The van der Waals surface area contributed by atoms with Crippen LogP contribution in [0.2, 0.25) is 0 Å². The van der Waals surface area contributed by atoms with Crippen molar-refractivity contribution < 1.29 is 14.3 Å². The van der Waals surface area contributed by atoms with Crippen LogP contribution in [0.5, 0.6) is 0 Å². The maximum absolute atomic E-state index is 12.6. The van der Waals surface area contributed by atoms with E-state index >= 15 is 0 Å². The third kappa shape index (κ3) is 6.48. The Morgan fingerprint density at radius 1 is 0.861 bits per heavy atom. The molecule has 3 aromatic carbocycles. The van der Waals surface area contributed by atoms with Gasteiger partial charge in [0.2, 0.25) is 0 Å². The summed E-state index contributed by atoms with van der Waals surface area (Å²) in [6, 6.07) is 29.8. The molecule has 184 valence electrons. The van der Waals surface area contributed by atoms with Gasteiger partial charge in [0.1, 0.15) is 0 Å². The van der Waals surface area contributed by atoms with E-state index < -0.39 is 5.97 Å². The molecule has 4 rings (SSSR count). The zero-order valence-corrected chi connectivity index (χ0v) is 20.7. The Labute approximate surface area is 211 Å². The third-order valence-corrected chi connectivity index (χ3v) is 6.31. The lowest BCUT2D eigenvalue weighted by Crippen LogP contribution is -2.29. The van der Waals surface area contributed by atoms with Crippen molar-refractivity contribution in [2.45, 2.75) is 39.3 Å². The van der Waals surface area contributed by atoms with Crippen molar-refractivity contribution in [1.82, 2.24) is 15.1 Å². The molecule has 0 aliphatic heterocycles. The molecule has 4 aromatic rings. The van der Waals surface area contributed by atoms with Crippen molar-refractivity contribution in [2.24, 2.45) is 0 Å². The van der Waals surface area contributed by atoms with Gasteiger partial charge in [-0.1, -0.05) is 91.0 Å². The van der Waals surface area contributed by atoms with Gasteiger partial charge in [0.15, 0.2) is 6.61 Å². The fourth-order valence-corrected chi connectivity index (χ4v) is 4.31. The van der Waals surface area contributed by atoms with Crippen molar-refractivity contribution in [3.8, 4) is 0 Å². The third-order valence-electron chi connectivity index (χ3n) is 6.31. The number of ether oxygens (including phenoxy) is 1. The number of aryl methyl sites for hydroxylation is 1. The molecule has 0 atom stereocenters. The molecule has 0 spiro atoms. The van der Waals surface area contributed by atoms with Crippen LogP contribution < -0.4 is 5.32 Å². The highest BCUT2D eigenvalue weighted by molar-refractivity contribution is 5.81. The van der Waals surface area contributed by atoms with Crippen LogP contribution >= 0.6 is 0 Å². The molecule has 0 saturated carbocycles. The summed E-state index contributed by atoms with van der Waals surface area (Å²) in [5, 5.41) is 7.49. The lowest BCUT2D eigenvalue weighted by Gasteiger charge is -2.17. The topological polar surface area (TPSA) is 73.2 Å². The van der Waals surface area contributed by atoms with Crippen LogP contribution in [0, 0.1) is 13.8 Å². The van der Waals surface area contributed by atoms with Gasteiger partial charge < -0.3 is 10.1 Å². The molecule has 1 N–H and O–H groups in total. The maximum Gasteiger partial charge on any atom is 0.307 e. The lowest BCUT2D eigenvalue weighted by molar-refractivity contribution is -0.148. The van der Waals surface area contributed by atoms with E-state index in [1.54, 1.807) is 0 Å². The van der Waals surface area contributed by atoms with E-state index in [-0.39, 0.29) is 24.9 Å². The van der Waals surface area contributed by atoms with E-state index in [0.29, 0.717) is 13.1 Å². The molecule has 0 aliphatic carbocycles. The summed E-state index contributed by atoms with van der Waals surface area (Å²) in [7, 11) is 0. The Balaban J connectivity index is 1.31. The quantitative estimate of drug-likeness (QED) is 0.326. The average Bonchev–Trinajstić information content (AvgIpc) is 3.18. The summed E-state index contributed by atoms with van der Waals surface area (Å²) >= 11 is 0. The number of hydrogen-bond donors (Lipinski definition) is 1. The van der Waals surface area contributed by atoms with Crippen molar-refractivity contribution in [3.63, 3.8) is 0 Å². The Bertz CT molecular complexity index is 1250. The van der Waals surface area contributed by atoms with Crippen molar-refractivity contribution in [1.29, 1.82) is 0 Å². The zero-order chi connectivity index (χ0) is 25.3. The first-order valence-electron chi connectivity index (χ1n) is 12.1. The van der Waals surface area contributed by atoms with E-state index in [0.717, 1.165) is 33.6 Å². The monoisotopic (exact) mass is 481 g/mol. The summed E-state index contributed by atoms with van der Waals surface area (Å²) in [6.07, 6.45) is 0.159. The Hall–Kier alpha value is -4.19. The summed E-state index contributed by atoms with van der Waals surface area (Å²) in [5.74, 6) is -0.886. The first kappa shape index (κ1) is 24.9. The summed E-state index contributed by atoms with van der Waals surface area (Å²) in [6.45, 7) is 4.62. The van der Waals surface area contributed by atoms with Gasteiger partial charge in [-0.15, -0.1) is 0 Å². The summed E-state index contributed by atoms with van der Waals surface area (Å²) in [5.41, 5.74) is 6.07. The van der Waals surface area contributed by atoms with Gasteiger partial charge in [-0.3, -0.25) is 14.3 Å². The van der Waals surface area contributed by atoms with E-state index in [9.17, 15) is 9.59 Å².